The molecule has 0 radical (unpaired) electrons. The molecule has 7 rings (SSSR count). The second-order valence-electron chi connectivity index (χ2n) is 12.3. The van der Waals surface area contributed by atoms with E-state index < -0.39 is 35.1 Å². The van der Waals surface area contributed by atoms with Crippen molar-refractivity contribution in [3.63, 3.8) is 0 Å². The Bertz CT molecular complexity index is 2260. The third kappa shape index (κ3) is 5.98. The van der Waals surface area contributed by atoms with Crippen LogP contribution in [-0.4, -0.2) is 49.8 Å². The molecular weight excluding hydrogens is 650 g/mol. The molecule has 1 atom stereocenters. The number of carboxylic acid groups (broad SMARTS) is 1. The van der Waals surface area contributed by atoms with Crippen LogP contribution < -0.4 is 21.4 Å². The molecule has 14 heteroatoms. The highest BCUT2D eigenvalue weighted by atomic mass is 19.1. The molecule has 12 nitrogen and oxygen atoms in total. The number of nitrogens with zero attached hydrogens (tertiary/aromatic N) is 4. The van der Waals surface area contributed by atoms with E-state index in [2.05, 4.69) is 20.2 Å². The number of benzene rings is 3. The molecule has 2 aliphatic rings. The van der Waals surface area contributed by atoms with Crippen molar-refractivity contribution in [3.8, 4) is 11.1 Å². The summed E-state index contributed by atoms with van der Waals surface area (Å²) in [5.41, 5.74) is 7.91. The zero-order valence-corrected chi connectivity index (χ0v) is 26.8. The van der Waals surface area contributed by atoms with Gasteiger partial charge in [0.15, 0.2) is 11.9 Å². The van der Waals surface area contributed by atoms with Crippen molar-refractivity contribution in [2.24, 2.45) is 0 Å². The topological polar surface area (TPSA) is 173 Å². The second kappa shape index (κ2) is 12.9. The third-order valence-electron chi connectivity index (χ3n) is 8.95. The van der Waals surface area contributed by atoms with Gasteiger partial charge < -0.3 is 35.5 Å². The van der Waals surface area contributed by atoms with Gasteiger partial charge in [0.1, 0.15) is 17.2 Å². The van der Waals surface area contributed by atoms with Gasteiger partial charge in [-0.15, -0.1) is 0 Å². The Morgan fingerprint density at radius 1 is 1.16 bits per heavy atom. The monoisotopic (exact) mass is 682 g/mol. The fourth-order valence-electron chi connectivity index (χ4n) is 6.41. The molecular formula is C36H32F2N6O6. The first-order chi connectivity index (χ1) is 24.0. The molecule has 5 N–H and O–H groups in total. The molecule has 1 fully saturated rings. The summed E-state index contributed by atoms with van der Waals surface area (Å²) in [6.45, 7) is 2.60. The first-order valence-corrected chi connectivity index (χ1v) is 16.1. The van der Waals surface area contributed by atoms with E-state index in [4.69, 9.17) is 10.5 Å². The smallest absolute Gasteiger partial charge is 0.343 e. The van der Waals surface area contributed by atoms with Crippen LogP contribution in [0, 0.1) is 11.6 Å². The average Bonchev–Trinajstić information content (AvgIpc) is 3.86. The number of fused-ring (bicyclic) bond motifs is 2. The molecule has 0 unspecified atom stereocenters. The number of aromatic nitrogens is 3. The maximum Gasteiger partial charge on any atom is 0.343 e. The Kier molecular flexibility index (Phi) is 8.39. The number of halogens is 2. The summed E-state index contributed by atoms with van der Waals surface area (Å²) < 4.78 is 38.8. The van der Waals surface area contributed by atoms with Crippen LogP contribution in [0.4, 0.5) is 31.9 Å². The number of hydrogen-bond acceptors (Lipinski definition) is 10. The van der Waals surface area contributed by atoms with Gasteiger partial charge in [-0.25, -0.2) is 23.4 Å². The zero-order chi connectivity index (χ0) is 35.3. The largest absolute Gasteiger partial charge is 0.479 e. The molecule has 2 aromatic heterocycles. The SMILES string of the molecule is CCOC(=O)c1cn(C2CC2)c2c(F)c(-c3ccc4c(c3)CCN4Cc3cnc(N)nc3Nc3cccc([C@H](O)C(=O)O)c3)c(F)cc2c1=O. The summed E-state index contributed by atoms with van der Waals surface area (Å²) in [5.74, 6) is -3.59. The summed E-state index contributed by atoms with van der Waals surface area (Å²) in [6, 6.07) is 12.4. The maximum absolute atomic E-state index is 16.4. The first kappa shape index (κ1) is 32.6. The molecule has 1 aliphatic carbocycles. The van der Waals surface area contributed by atoms with Gasteiger partial charge in [0.2, 0.25) is 11.4 Å². The number of esters is 1. The van der Waals surface area contributed by atoms with Gasteiger partial charge in [-0.05, 0) is 73.2 Å². The summed E-state index contributed by atoms with van der Waals surface area (Å²) >= 11 is 0. The lowest BCUT2D eigenvalue weighted by molar-refractivity contribution is -0.146. The number of rotatable bonds is 10. The Balaban J connectivity index is 1.20. The number of nitrogens with one attached hydrogen (secondary N) is 1. The number of nitrogen functional groups attached to an aromatic ring is 1. The molecule has 0 saturated heterocycles. The van der Waals surface area contributed by atoms with E-state index in [1.165, 1.54) is 18.3 Å². The lowest BCUT2D eigenvalue weighted by Crippen LogP contribution is -2.22. The van der Waals surface area contributed by atoms with Gasteiger partial charge in [-0.1, -0.05) is 18.2 Å². The van der Waals surface area contributed by atoms with E-state index in [-0.39, 0.29) is 46.2 Å². The first-order valence-electron chi connectivity index (χ1n) is 16.1. The number of carbonyl (C=O) groups is 2. The minimum absolute atomic E-state index is 0.0214. The van der Waals surface area contributed by atoms with E-state index in [9.17, 15) is 24.6 Å². The molecule has 256 valence electrons. The Labute approximate surface area is 283 Å². The van der Waals surface area contributed by atoms with Crippen LogP contribution in [0.25, 0.3) is 22.0 Å². The lowest BCUT2D eigenvalue weighted by atomic mass is 9.98. The molecule has 0 spiro atoms. The predicted octanol–water partition coefficient (Wildman–Crippen LogP) is 5.25. The minimum atomic E-state index is -1.69. The van der Waals surface area contributed by atoms with Crippen LogP contribution in [0.3, 0.4) is 0 Å². The van der Waals surface area contributed by atoms with E-state index in [1.54, 1.807) is 48.0 Å². The van der Waals surface area contributed by atoms with Crippen molar-refractivity contribution in [3.05, 3.63) is 105 Å². The normalized spacial score (nSPS) is 14.4. The van der Waals surface area contributed by atoms with Gasteiger partial charge in [0.25, 0.3) is 0 Å². The average molecular weight is 683 g/mol. The van der Waals surface area contributed by atoms with Gasteiger partial charge in [0, 0.05) is 48.5 Å². The van der Waals surface area contributed by atoms with Crippen molar-refractivity contribution in [1.29, 1.82) is 0 Å². The number of carbonyl (C=O) groups excluding carboxylic acids is 1. The fourth-order valence-corrected chi connectivity index (χ4v) is 6.41. The number of ether oxygens (including phenoxy) is 1. The highest BCUT2D eigenvalue weighted by molar-refractivity contribution is 5.95. The predicted molar refractivity (Wildman–Crippen MR) is 181 cm³/mol. The maximum atomic E-state index is 16.4. The van der Waals surface area contributed by atoms with Gasteiger partial charge in [-0.2, -0.15) is 4.98 Å². The van der Waals surface area contributed by atoms with E-state index in [0.29, 0.717) is 42.1 Å². The van der Waals surface area contributed by atoms with Crippen LogP contribution in [0.2, 0.25) is 0 Å². The highest BCUT2D eigenvalue weighted by Gasteiger charge is 2.31. The van der Waals surface area contributed by atoms with Gasteiger partial charge in [0.05, 0.1) is 23.1 Å². The number of carboxylic acids is 1. The number of pyridine rings is 1. The summed E-state index contributed by atoms with van der Waals surface area (Å²) in [5, 5.41) is 22.1. The van der Waals surface area contributed by atoms with Crippen molar-refractivity contribution in [2.75, 3.05) is 29.1 Å². The van der Waals surface area contributed by atoms with Gasteiger partial charge in [-0.3, -0.25) is 4.79 Å². The number of anilines is 4. The van der Waals surface area contributed by atoms with E-state index >= 15 is 8.78 Å². The Morgan fingerprint density at radius 3 is 2.70 bits per heavy atom. The highest BCUT2D eigenvalue weighted by Crippen LogP contribution is 2.41. The molecule has 3 aromatic carbocycles. The Hall–Kier alpha value is -5.89. The van der Waals surface area contributed by atoms with Crippen LogP contribution in [0.1, 0.15) is 59.0 Å². The van der Waals surface area contributed by atoms with Crippen molar-refractivity contribution in [2.45, 2.75) is 44.9 Å². The number of aliphatic hydroxyl groups excluding tert-OH is 1. The van der Waals surface area contributed by atoms with Crippen molar-refractivity contribution < 1.29 is 33.3 Å². The summed E-state index contributed by atoms with van der Waals surface area (Å²) in [7, 11) is 0. The van der Waals surface area contributed by atoms with Crippen molar-refractivity contribution in [1.82, 2.24) is 14.5 Å². The zero-order valence-electron chi connectivity index (χ0n) is 26.8. The molecule has 0 bridgehead atoms. The molecule has 3 heterocycles. The molecule has 50 heavy (non-hydrogen) atoms. The summed E-state index contributed by atoms with van der Waals surface area (Å²) in [6.07, 6.45) is 3.27. The van der Waals surface area contributed by atoms with E-state index in [1.807, 2.05) is 0 Å². The van der Waals surface area contributed by atoms with Crippen molar-refractivity contribution >= 4 is 46.0 Å². The third-order valence-corrected chi connectivity index (χ3v) is 8.95. The van der Waals surface area contributed by atoms with Gasteiger partial charge >= 0.3 is 11.9 Å². The molecule has 0 amide bonds. The standard InChI is InChI=1S/C36H32F2N6O6/c1-2-50-35(49)25-17-44(23-7-8-23)30-24(32(25)46)14-26(37)28(29(30)38)19-6-9-27-18(12-19)10-11-43(27)16-21-15-40-36(39)42-33(21)41-22-5-3-4-20(13-22)31(45)34(47)48/h3-6,9,12-15,17,23,31,45H,2,7-8,10-11,16H2,1H3,(H,47,48)(H3,39,40,41,42)/t31-/m0/s1. The van der Waals surface area contributed by atoms with Crippen LogP contribution in [-0.2, 0) is 22.5 Å². The van der Waals surface area contributed by atoms with E-state index in [0.717, 1.165) is 30.2 Å². The number of hydrogen-bond donors (Lipinski definition) is 4. The van der Waals surface area contributed by atoms with Crippen LogP contribution >= 0.6 is 0 Å². The Morgan fingerprint density at radius 2 is 1.96 bits per heavy atom. The number of aliphatic hydroxyl groups is 1. The quantitative estimate of drug-likeness (QED) is 0.142. The fraction of sp³-hybridized carbons (Fsp3) is 0.250. The lowest BCUT2D eigenvalue weighted by Gasteiger charge is -2.22. The molecule has 1 saturated carbocycles. The molecule has 1 aliphatic heterocycles. The summed E-state index contributed by atoms with van der Waals surface area (Å²) in [4.78, 5) is 47.6. The number of aliphatic carboxylic acids is 1. The minimum Gasteiger partial charge on any atom is -0.479 e. The molecule has 5 aromatic rings. The number of nitrogens with two attached hydrogens (primary N) is 1. The van der Waals surface area contributed by atoms with Crippen LogP contribution in [0.5, 0.6) is 0 Å². The second-order valence-corrected chi connectivity index (χ2v) is 12.3. The van der Waals surface area contributed by atoms with Crippen LogP contribution in [0.15, 0.2) is 65.7 Å².